The molecule has 2 atom stereocenters. The standard InChI is InChI=1S/C11H15NO3S/c1-3-7(2)9(11(14)15)12-10(13)8-5-4-6-16-8/h4-7,9H,3H2,1-2H3,(H,12,13)(H,14,15). The van der Waals surface area contributed by atoms with Crippen LogP contribution in [-0.4, -0.2) is 23.0 Å². The molecule has 0 aliphatic carbocycles. The van der Waals surface area contributed by atoms with Crippen LogP contribution >= 0.6 is 11.3 Å². The number of hydrogen-bond donors (Lipinski definition) is 2. The topological polar surface area (TPSA) is 66.4 Å². The Kier molecular flexibility index (Phi) is 4.49. The Morgan fingerprint density at radius 2 is 2.25 bits per heavy atom. The molecule has 5 heteroatoms. The average Bonchev–Trinajstić information content (AvgIpc) is 2.77. The molecular weight excluding hydrogens is 226 g/mol. The van der Waals surface area contributed by atoms with Crippen LogP contribution in [0.2, 0.25) is 0 Å². The van der Waals surface area contributed by atoms with Gasteiger partial charge in [0.15, 0.2) is 0 Å². The third-order valence-corrected chi connectivity index (χ3v) is 3.38. The summed E-state index contributed by atoms with van der Waals surface area (Å²) in [6.07, 6.45) is 0.710. The first kappa shape index (κ1) is 12.7. The van der Waals surface area contributed by atoms with Gasteiger partial charge in [-0.05, 0) is 17.4 Å². The van der Waals surface area contributed by atoms with E-state index in [4.69, 9.17) is 5.11 Å². The highest BCUT2D eigenvalue weighted by molar-refractivity contribution is 7.12. The lowest BCUT2D eigenvalue weighted by Crippen LogP contribution is -2.44. The monoisotopic (exact) mass is 241 g/mol. The van der Waals surface area contributed by atoms with Gasteiger partial charge in [0.2, 0.25) is 0 Å². The van der Waals surface area contributed by atoms with E-state index in [9.17, 15) is 9.59 Å². The molecule has 0 aliphatic rings. The van der Waals surface area contributed by atoms with E-state index < -0.39 is 12.0 Å². The van der Waals surface area contributed by atoms with Crippen molar-refractivity contribution in [1.82, 2.24) is 5.32 Å². The van der Waals surface area contributed by atoms with Crippen LogP contribution in [0.4, 0.5) is 0 Å². The fourth-order valence-electron chi connectivity index (χ4n) is 1.30. The molecular formula is C11H15NO3S. The Bertz CT molecular complexity index is 361. The van der Waals surface area contributed by atoms with Crippen molar-refractivity contribution in [2.75, 3.05) is 0 Å². The van der Waals surface area contributed by atoms with Gasteiger partial charge in [0.1, 0.15) is 6.04 Å². The molecule has 1 amide bonds. The van der Waals surface area contributed by atoms with Crippen LogP contribution in [0.1, 0.15) is 29.9 Å². The predicted octanol–water partition coefficient (Wildman–Crippen LogP) is 1.98. The third-order valence-electron chi connectivity index (χ3n) is 2.51. The zero-order chi connectivity index (χ0) is 12.1. The van der Waals surface area contributed by atoms with E-state index in [2.05, 4.69) is 5.32 Å². The molecule has 0 radical (unpaired) electrons. The van der Waals surface area contributed by atoms with Crippen LogP contribution in [0, 0.1) is 5.92 Å². The summed E-state index contributed by atoms with van der Waals surface area (Å²) in [5, 5.41) is 13.3. The van der Waals surface area contributed by atoms with E-state index in [0.717, 1.165) is 0 Å². The summed E-state index contributed by atoms with van der Waals surface area (Å²) >= 11 is 1.30. The number of carbonyl (C=O) groups is 2. The van der Waals surface area contributed by atoms with E-state index in [-0.39, 0.29) is 11.8 Å². The number of carboxylic acids is 1. The zero-order valence-corrected chi connectivity index (χ0v) is 10.1. The first-order valence-electron chi connectivity index (χ1n) is 5.13. The molecule has 0 bridgehead atoms. The van der Waals surface area contributed by atoms with Crippen LogP contribution in [-0.2, 0) is 4.79 Å². The van der Waals surface area contributed by atoms with Crippen LogP contribution in [0.25, 0.3) is 0 Å². The number of carboxylic acid groups (broad SMARTS) is 1. The van der Waals surface area contributed by atoms with Crippen LogP contribution in [0.15, 0.2) is 17.5 Å². The van der Waals surface area contributed by atoms with E-state index in [1.54, 1.807) is 17.5 Å². The van der Waals surface area contributed by atoms with Gasteiger partial charge in [-0.15, -0.1) is 11.3 Å². The van der Waals surface area contributed by atoms with Crippen molar-refractivity contribution in [3.63, 3.8) is 0 Å². The highest BCUT2D eigenvalue weighted by atomic mass is 32.1. The maximum Gasteiger partial charge on any atom is 0.326 e. The minimum absolute atomic E-state index is 0.0820. The third kappa shape index (κ3) is 3.06. The quantitative estimate of drug-likeness (QED) is 0.828. The van der Waals surface area contributed by atoms with Crippen molar-refractivity contribution in [2.45, 2.75) is 26.3 Å². The lowest BCUT2D eigenvalue weighted by atomic mass is 9.99. The van der Waals surface area contributed by atoms with Crippen LogP contribution in [0.3, 0.4) is 0 Å². The molecule has 2 N–H and O–H groups in total. The SMILES string of the molecule is CCC(C)C(NC(=O)c1cccs1)C(=O)O. The molecule has 0 saturated carbocycles. The van der Waals surface area contributed by atoms with Crippen molar-refractivity contribution in [2.24, 2.45) is 5.92 Å². The molecule has 1 rings (SSSR count). The number of thiophene rings is 1. The molecule has 0 fully saturated rings. The Morgan fingerprint density at radius 1 is 1.56 bits per heavy atom. The van der Waals surface area contributed by atoms with Gasteiger partial charge < -0.3 is 10.4 Å². The second kappa shape index (κ2) is 5.65. The lowest BCUT2D eigenvalue weighted by Gasteiger charge is -2.19. The van der Waals surface area contributed by atoms with Gasteiger partial charge in [0.25, 0.3) is 5.91 Å². The number of nitrogens with one attached hydrogen (secondary N) is 1. The van der Waals surface area contributed by atoms with Gasteiger partial charge in [0.05, 0.1) is 4.88 Å². The Hall–Kier alpha value is -1.36. The summed E-state index contributed by atoms with van der Waals surface area (Å²) in [7, 11) is 0. The highest BCUT2D eigenvalue weighted by Crippen LogP contribution is 2.12. The van der Waals surface area contributed by atoms with E-state index in [1.807, 2.05) is 13.8 Å². The number of hydrogen-bond acceptors (Lipinski definition) is 3. The molecule has 16 heavy (non-hydrogen) atoms. The normalized spacial score (nSPS) is 14.1. The highest BCUT2D eigenvalue weighted by Gasteiger charge is 2.25. The van der Waals surface area contributed by atoms with E-state index in [1.165, 1.54) is 11.3 Å². The van der Waals surface area contributed by atoms with Crippen molar-refractivity contribution >= 4 is 23.2 Å². The minimum Gasteiger partial charge on any atom is -0.480 e. The Balaban J connectivity index is 2.69. The van der Waals surface area contributed by atoms with E-state index >= 15 is 0 Å². The smallest absolute Gasteiger partial charge is 0.326 e. The van der Waals surface area contributed by atoms with Gasteiger partial charge in [-0.2, -0.15) is 0 Å². The van der Waals surface area contributed by atoms with Gasteiger partial charge in [-0.25, -0.2) is 4.79 Å². The number of carbonyl (C=O) groups excluding carboxylic acids is 1. The maximum absolute atomic E-state index is 11.7. The Labute approximate surface area is 98.3 Å². The number of aliphatic carboxylic acids is 1. The van der Waals surface area contributed by atoms with Crippen LogP contribution < -0.4 is 5.32 Å². The van der Waals surface area contributed by atoms with Gasteiger partial charge >= 0.3 is 5.97 Å². The number of rotatable bonds is 5. The summed E-state index contributed by atoms with van der Waals surface area (Å²) in [4.78, 5) is 23.2. The second-order valence-corrected chi connectivity index (χ2v) is 4.60. The maximum atomic E-state index is 11.7. The molecule has 88 valence electrons. The molecule has 0 aromatic carbocycles. The Morgan fingerprint density at radius 3 is 2.69 bits per heavy atom. The fraction of sp³-hybridized carbons (Fsp3) is 0.455. The molecule has 0 aliphatic heterocycles. The minimum atomic E-state index is -0.987. The summed E-state index contributed by atoms with van der Waals surface area (Å²) < 4.78 is 0. The molecule has 1 aromatic rings. The largest absolute Gasteiger partial charge is 0.480 e. The summed E-state index contributed by atoms with van der Waals surface area (Å²) in [6, 6.07) is 2.62. The van der Waals surface area contributed by atoms with Gasteiger partial charge in [-0.1, -0.05) is 26.3 Å². The summed E-state index contributed by atoms with van der Waals surface area (Å²) in [5.41, 5.74) is 0. The first-order valence-corrected chi connectivity index (χ1v) is 6.01. The van der Waals surface area contributed by atoms with Gasteiger partial charge in [0, 0.05) is 0 Å². The second-order valence-electron chi connectivity index (χ2n) is 3.65. The molecule has 1 heterocycles. The zero-order valence-electron chi connectivity index (χ0n) is 9.27. The molecule has 4 nitrogen and oxygen atoms in total. The van der Waals surface area contributed by atoms with Crippen molar-refractivity contribution < 1.29 is 14.7 Å². The first-order chi connectivity index (χ1) is 7.56. The lowest BCUT2D eigenvalue weighted by molar-refractivity contribution is -0.140. The van der Waals surface area contributed by atoms with Gasteiger partial charge in [-0.3, -0.25) is 4.79 Å². The average molecular weight is 241 g/mol. The molecule has 2 unspecified atom stereocenters. The molecule has 0 saturated heterocycles. The fourth-order valence-corrected chi connectivity index (χ4v) is 1.93. The van der Waals surface area contributed by atoms with Crippen molar-refractivity contribution in [3.05, 3.63) is 22.4 Å². The number of amides is 1. The van der Waals surface area contributed by atoms with Crippen molar-refractivity contribution in [1.29, 1.82) is 0 Å². The van der Waals surface area contributed by atoms with Crippen molar-refractivity contribution in [3.8, 4) is 0 Å². The summed E-state index contributed by atoms with van der Waals surface area (Å²) in [5.74, 6) is -1.39. The summed E-state index contributed by atoms with van der Waals surface area (Å²) in [6.45, 7) is 3.71. The van der Waals surface area contributed by atoms with Crippen LogP contribution in [0.5, 0.6) is 0 Å². The molecule has 0 spiro atoms. The molecule has 1 aromatic heterocycles. The predicted molar refractivity (Wildman–Crippen MR) is 62.7 cm³/mol. The van der Waals surface area contributed by atoms with E-state index in [0.29, 0.717) is 11.3 Å².